The van der Waals surface area contributed by atoms with E-state index in [1.165, 1.54) is 141 Å². The maximum Gasteiger partial charge on any atom is 0.306 e. The van der Waals surface area contributed by atoms with Crippen molar-refractivity contribution in [3.8, 4) is 0 Å². The van der Waals surface area contributed by atoms with Crippen molar-refractivity contribution in [3.05, 3.63) is 134 Å². The van der Waals surface area contributed by atoms with Crippen molar-refractivity contribution < 1.29 is 28.6 Å². The minimum absolute atomic E-state index is 0.131. The average molecular weight is 1070 g/mol. The lowest BCUT2D eigenvalue weighted by molar-refractivity contribution is -0.166. The van der Waals surface area contributed by atoms with Crippen LogP contribution in [0.15, 0.2) is 134 Å². The van der Waals surface area contributed by atoms with Gasteiger partial charge in [-0.1, -0.05) is 283 Å². The first kappa shape index (κ1) is 72.5. The Hall–Kier alpha value is -4.45. The third kappa shape index (κ3) is 62.3. The van der Waals surface area contributed by atoms with Gasteiger partial charge in [0.15, 0.2) is 6.10 Å². The largest absolute Gasteiger partial charge is 0.462 e. The standard InChI is InChI=1S/C71H116O6/c1-4-7-10-13-16-19-22-25-26-27-28-29-30-31-32-33-34-35-36-37-38-39-40-41-42-43-44-47-49-52-55-58-61-64-70(73)76-67-68(77-71(74)65-62-59-56-53-50-46-24-21-18-15-12-9-6-3)66-75-69(72)63-60-57-54-51-48-45-23-20-17-14-11-8-5-2/h8-9,11-12,17-18,20-22,25,27-28,30-31,45-46,48,50,54,56-57,59,68H,4-7,10,13-16,19,23-24,26,29,32-44,47,49,51-53,55,58,60-67H2,1-3H3/b11-8-,12-9-,20-17-,21-18-,25-22-,28-27-,31-30-,48-45-,50-46-,57-54-,59-56-. The summed E-state index contributed by atoms with van der Waals surface area (Å²) >= 11 is 0. The lowest BCUT2D eigenvalue weighted by Crippen LogP contribution is -2.30. The lowest BCUT2D eigenvalue weighted by atomic mass is 10.0. The first-order valence-corrected chi connectivity index (χ1v) is 31.7. The highest BCUT2D eigenvalue weighted by atomic mass is 16.6. The molecule has 77 heavy (non-hydrogen) atoms. The number of esters is 3. The zero-order valence-electron chi connectivity index (χ0n) is 49.9. The van der Waals surface area contributed by atoms with Crippen LogP contribution in [-0.4, -0.2) is 37.2 Å². The molecule has 0 heterocycles. The van der Waals surface area contributed by atoms with Crippen molar-refractivity contribution in [1.82, 2.24) is 0 Å². The van der Waals surface area contributed by atoms with Gasteiger partial charge in [0.1, 0.15) is 13.2 Å². The van der Waals surface area contributed by atoms with E-state index in [9.17, 15) is 14.4 Å². The molecule has 0 aliphatic carbocycles. The summed E-state index contributed by atoms with van der Waals surface area (Å²) in [6.07, 6.45) is 90.9. The van der Waals surface area contributed by atoms with Crippen LogP contribution in [0.3, 0.4) is 0 Å². The molecule has 0 aliphatic rings. The third-order valence-corrected chi connectivity index (χ3v) is 13.1. The number of carbonyl (C=O) groups is 3. The fraction of sp³-hybridized carbons (Fsp3) is 0.648. The smallest absolute Gasteiger partial charge is 0.306 e. The topological polar surface area (TPSA) is 78.9 Å². The molecule has 0 aromatic heterocycles. The van der Waals surface area contributed by atoms with Crippen molar-refractivity contribution >= 4 is 17.9 Å². The van der Waals surface area contributed by atoms with Crippen molar-refractivity contribution in [3.63, 3.8) is 0 Å². The molecule has 0 aliphatic heterocycles. The van der Waals surface area contributed by atoms with Crippen molar-refractivity contribution in [2.75, 3.05) is 13.2 Å². The van der Waals surface area contributed by atoms with E-state index in [0.29, 0.717) is 19.3 Å². The van der Waals surface area contributed by atoms with Gasteiger partial charge < -0.3 is 14.2 Å². The Morgan fingerprint density at radius 3 is 0.870 bits per heavy atom. The fourth-order valence-corrected chi connectivity index (χ4v) is 8.48. The highest BCUT2D eigenvalue weighted by Crippen LogP contribution is 2.16. The summed E-state index contributed by atoms with van der Waals surface area (Å²) < 4.78 is 16.7. The summed E-state index contributed by atoms with van der Waals surface area (Å²) in [5, 5.41) is 0. The molecule has 0 amide bonds. The maximum atomic E-state index is 12.8. The number of hydrogen-bond donors (Lipinski definition) is 0. The second-order valence-electron chi connectivity index (χ2n) is 20.5. The second kappa shape index (κ2) is 64.1. The van der Waals surface area contributed by atoms with Gasteiger partial charge in [0.05, 0.1) is 0 Å². The summed E-state index contributed by atoms with van der Waals surface area (Å²) in [6.45, 7) is 6.27. The minimum Gasteiger partial charge on any atom is -0.462 e. The molecule has 1 unspecified atom stereocenters. The number of rotatable bonds is 56. The Kier molecular flexibility index (Phi) is 60.4. The maximum absolute atomic E-state index is 12.8. The van der Waals surface area contributed by atoms with Crippen molar-refractivity contribution in [2.24, 2.45) is 0 Å². The van der Waals surface area contributed by atoms with E-state index in [1.807, 2.05) is 24.3 Å². The number of unbranched alkanes of at least 4 members (excludes halogenated alkanes) is 23. The van der Waals surface area contributed by atoms with Gasteiger partial charge >= 0.3 is 17.9 Å². The Labute approximate surface area is 475 Å². The number of allylic oxidation sites excluding steroid dienone is 22. The van der Waals surface area contributed by atoms with E-state index in [4.69, 9.17) is 14.2 Å². The van der Waals surface area contributed by atoms with Gasteiger partial charge in [-0.25, -0.2) is 0 Å². The van der Waals surface area contributed by atoms with E-state index >= 15 is 0 Å². The molecule has 0 saturated heterocycles. The molecule has 6 heteroatoms. The molecule has 0 aromatic rings. The van der Waals surface area contributed by atoms with Crippen LogP contribution in [0.4, 0.5) is 0 Å². The molecule has 0 rings (SSSR count). The molecule has 1 atom stereocenters. The van der Waals surface area contributed by atoms with E-state index in [2.05, 4.69) is 130 Å². The molecule has 0 aromatic carbocycles. The molecule has 0 bridgehead atoms. The van der Waals surface area contributed by atoms with Gasteiger partial charge in [-0.05, 0) is 109 Å². The Morgan fingerprint density at radius 1 is 0.273 bits per heavy atom. The van der Waals surface area contributed by atoms with Gasteiger partial charge in [-0.15, -0.1) is 0 Å². The zero-order chi connectivity index (χ0) is 55.7. The third-order valence-electron chi connectivity index (χ3n) is 13.1. The van der Waals surface area contributed by atoms with E-state index in [-0.39, 0.29) is 38.0 Å². The van der Waals surface area contributed by atoms with Gasteiger partial charge in [0.2, 0.25) is 0 Å². The van der Waals surface area contributed by atoms with Gasteiger partial charge in [-0.3, -0.25) is 14.4 Å². The molecular formula is C71H116O6. The van der Waals surface area contributed by atoms with Crippen LogP contribution in [-0.2, 0) is 28.6 Å². The minimum atomic E-state index is -0.848. The number of ether oxygens (including phenoxy) is 3. The highest BCUT2D eigenvalue weighted by Gasteiger charge is 2.19. The van der Waals surface area contributed by atoms with Crippen LogP contribution in [0.25, 0.3) is 0 Å². The van der Waals surface area contributed by atoms with Crippen LogP contribution < -0.4 is 0 Å². The monoisotopic (exact) mass is 1060 g/mol. The van der Waals surface area contributed by atoms with Crippen molar-refractivity contribution in [1.29, 1.82) is 0 Å². The van der Waals surface area contributed by atoms with Crippen LogP contribution in [0.2, 0.25) is 0 Å². The predicted molar refractivity (Wildman–Crippen MR) is 334 cm³/mol. The summed E-state index contributed by atoms with van der Waals surface area (Å²) in [4.78, 5) is 38.1. The molecule has 6 nitrogen and oxygen atoms in total. The normalized spacial score (nSPS) is 13.0. The Bertz CT molecular complexity index is 1650. The molecule has 0 fully saturated rings. The van der Waals surface area contributed by atoms with Gasteiger partial charge in [0, 0.05) is 19.3 Å². The van der Waals surface area contributed by atoms with Crippen LogP contribution in [0.5, 0.6) is 0 Å². The fourth-order valence-electron chi connectivity index (χ4n) is 8.48. The van der Waals surface area contributed by atoms with E-state index in [1.54, 1.807) is 0 Å². The summed E-state index contributed by atoms with van der Waals surface area (Å²) in [5.41, 5.74) is 0. The molecule has 0 N–H and O–H groups in total. The SMILES string of the molecule is CC/C=C\C/C=C\C/C=C\C/C=C\CCC(=O)OCC(COC(=O)CCCCCCCCCCCCCCCCCCCC/C=C\C/C=C\C/C=C\CCCCCCC)OC(=O)CC/C=C\C/C=C\C/C=C\C/C=C\CC. The Balaban J connectivity index is 4.20. The summed E-state index contributed by atoms with van der Waals surface area (Å²) in [5.74, 6) is -1.10. The van der Waals surface area contributed by atoms with Crippen LogP contribution in [0.1, 0.15) is 278 Å². The zero-order valence-corrected chi connectivity index (χ0v) is 49.9. The lowest BCUT2D eigenvalue weighted by Gasteiger charge is -2.18. The first-order chi connectivity index (χ1) is 38.0. The molecule has 0 radical (unpaired) electrons. The van der Waals surface area contributed by atoms with Crippen LogP contribution >= 0.6 is 0 Å². The quantitative estimate of drug-likeness (QED) is 0.0261. The predicted octanol–water partition coefficient (Wildman–Crippen LogP) is 21.8. The molecule has 436 valence electrons. The molecule has 0 saturated carbocycles. The van der Waals surface area contributed by atoms with Gasteiger partial charge in [0.25, 0.3) is 0 Å². The van der Waals surface area contributed by atoms with Gasteiger partial charge in [-0.2, -0.15) is 0 Å². The van der Waals surface area contributed by atoms with Crippen LogP contribution in [0, 0.1) is 0 Å². The molecule has 0 spiro atoms. The second-order valence-corrected chi connectivity index (χ2v) is 20.5. The van der Waals surface area contributed by atoms with E-state index < -0.39 is 12.1 Å². The van der Waals surface area contributed by atoms with E-state index in [0.717, 1.165) is 83.5 Å². The molecular weight excluding hydrogens is 949 g/mol. The average Bonchev–Trinajstić information content (AvgIpc) is 3.43. The summed E-state index contributed by atoms with van der Waals surface area (Å²) in [7, 11) is 0. The van der Waals surface area contributed by atoms with Crippen molar-refractivity contribution in [2.45, 2.75) is 284 Å². The summed E-state index contributed by atoms with van der Waals surface area (Å²) in [6, 6.07) is 0. The Morgan fingerprint density at radius 2 is 0.532 bits per heavy atom. The number of carbonyl (C=O) groups excluding carboxylic acids is 3. The number of hydrogen-bond acceptors (Lipinski definition) is 6. The highest BCUT2D eigenvalue weighted by molar-refractivity contribution is 5.71. The first-order valence-electron chi connectivity index (χ1n) is 31.7.